The number of hydrogen-bond donors (Lipinski definition) is 0. The van der Waals surface area contributed by atoms with Crippen LogP contribution in [0, 0.1) is 3.83 Å². The SMILES string of the molecule is Cn1c(I)nnc1C(=O)OCc1ccccc1. The zero-order valence-corrected chi connectivity index (χ0v) is 11.3. The molecule has 6 heteroatoms. The molecule has 88 valence electrons. The summed E-state index contributed by atoms with van der Waals surface area (Å²) in [4.78, 5) is 11.7. The third kappa shape index (κ3) is 2.82. The van der Waals surface area contributed by atoms with Crippen LogP contribution in [-0.4, -0.2) is 20.7 Å². The third-order valence-electron chi connectivity index (χ3n) is 2.22. The summed E-state index contributed by atoms with van der Waals surface area (Å²) in [7, 11) is 1.72. The highest BCUT2D eigenvalue weighted by Crippen LogP contribution is 2.06. The Kier molecular flexibility index (Phi) is 3.72. The summed E-state index contributed by atoms with van der Waals surface area (Å²) in [5.41, 5.74) is 0.942. The number of halogens is 1. The summed E-state index contributed by atoms with van der Waals surface area (Å²) in [6.45, 7) is 0.239. The highest BCUT2D eigenvalue weighted by atomic mass is 127. The molecule has 17 heavy (non-hydrogen) atoms. The van der Waals surface area contributed by atoms with Gasteiger partial charge in [-0.05, 0) is 5.56 Å². The fourth-order valence-corrected chi connectivity index (χ4v) is 1.61. The van der Waals surface area contributed by atoms with Crippen molar-refractivity contribution in [2.24, 2.45) is 7.05 Å². The molecule has 1 aromatic heterocycles. The number of aromatic nitrogens is 3. The molecule has 0 fully saturated rings. The van der Waals surface area contributed by atoms with Gasteiger partial charge in [0.05, 0.1) is 0 Å². The van der Waals surface area contributed by atoms with Gasteiger partial charge in [0.1, 0.15) is 6.61 Å². The number of rotatable bonds is 3. The van der Waals surface area contributed by atoms with E-state index < -0.39 is 5.97 Å². The van der Waals surface area contributed by atoms with Crippen molar-refractivity contribution in [3.05, 3.63) is 45.6 Å². The number of hydrogen-bond acceptors (Lipinski definition) is 4. The maximum Gasteiger partial charge on any atom is 0.376 e. The molecule has 0 saturated carbocycles. The van der Waals surface area contributed by atoms with Gasteiger partial charge in [-0.15, -0.1) is 10.2 Å². The Balaban J connectivity index is 2.01. The van der Waals surface area contributed by atoms with Crippen LogP contribution in [-0.2, 0) is 18.4 Å². The van der Waals surface area contributed by atoms with Crippen molar-refractivity contribution >= 4 is 28.6 Å². The number of benzene rings is 1. The average Bonchev–Trinajstić information content (AvgIpc) is 2.69. The second-order valence-electron chi connectivity index (χ2n) is 3.41. The van der Waals surface area contributed by atoms with Crippen LogP contribution in [0.15, 0.2) is 30.3 Å². The second-order valence-corrected chi connectivity index (χ2v) is 4.38. The van der Waals surface area contributed by atoms with Crippen molar-refractivity contribution in [1.82, 2.24) is 14.8 Å². The molecule has 2 rings (SSSR count). The van der Waals surface area contributed by atoms with Crippen molar-refractivity contribution in [2.45, 2.75) is 6.61 Å². The molecule has 0 aliphatic carbocycles. The highest BCUT2D eigenvalue weighted by Gasteiger charge is 2.16. The standard InChI is InChI=1S/C11H10IN3O2/c1-15-9(13-14-11(15)12)10(16)17-7-8-5-3-2-4-6-8/h2-6H,7H2,1H3. The van der Waals surface area contributed by atoms with Crippen molar-refractivity contribution in [3.63, 3.8) is 0 Å². The van der Waals surface area contributed by atoms with E-state index in [4.69, 9.17) is 4.74 Å². The molecule has 1 aromatic carbocycles. The zero-order valence-electron chi connectivity index (χ0n) is 9.13. The first-order chi connectivity index (χ1) is 8.18. The van der Waals surface area contributed by atoms with E-state index in [9.17, 15) is 4.79 Å². The molecule has 0 bridgehead atoms. The lowest BCUT2D eigenvalue weighted by atomic mass is 10.2. The van der Waals surface area contributed by atoms with Gasteiger partial charge < -0.3 is 4.74 Å². The van der Waals surface area contributed by atoms with Gasteiger partial charge in [0.25, 0.3) is 0 Å². The van der Waals surface area contributed by atoms with E-state index in [1.165, 1.54) is 0 Å². The van der Waals surface area contributed by atoms with Gasteiger partial charge in [0.15, 0.2) is 3.83 Å². The number of ether oxygens (including phenoxy) is 1. The summed E-state index contributed by atoms with van der Waals surface area (Å²) < 4.78 is 7.38. The van der Waals surface area contributed by atoms with Gasteiger partial charge in [0.2, 0.25) is 5.82 Å². The molecule has 0 aliphatic rings. The van der Waals surface area contributed by atoms with Gasteiger partial charge >= 0.3 is 5.97 Å². The highest BCUT2D eigenvalue weighted by molar-refractivity contribution is 14.1. The predicted octanol–water partition coefficient (Wildman–Crippen LogP) is 1.78. The first kappa shape index (κ1) is 12.0. The molecule has 2 aromatic rings. The fourth-order valence-electron chi connectivity index (χ4n) is 1.28. The van der Waals surface area contributed by atoms with Crippen molar-refractivity contribution in [2.75, 3.05) is 0 Å². The largest absolute Gasteiger partial charge is 0.455 e. The maximum absolute atomic E-state index is 11.7. The first-order valence-electron chi connectivity index (χ1n) is 4.94. The second kappa shape index (κ2) is 5.26. The number of esters is 1. The van der Waals surface area contributed by atoms with Crippen LogP contribution < -0.4 is 0 Å². The number of carbonyl (C=O) groups is 1. The summed E-state index contributed by atoms with van der Waals surface area (Å²) in [5.74, 6) is -0.253. The minimum absolute atomic E-state index is 0.213. The van der Waals surface area contributed by atoms with Crippen LogP contribution in [0.1, 0.15) is 16.2 Å². The monoisotopic (exact) mass is 343 g/mol. The lowest BCUT2D eigenvalue weighted by molar-refractivity contribution is 0.0453. The molecule has 0 unspecified atom stereocenters. The Morgan fingerprint density at radius 2 is 2.06 bits per heavy atom. The molecule has 0 aliphatic heterocycles. The minimum Gasteiger partial charge on any atom is -0.455 e. The average molecular weight is 343 g/mol. The van der Waals surface area contributed by atoms with Gasteiger partial charge in [-0.1, -0.05) is 30.3 Å². The van der Waals surface area contributed by atoms with E-state index in [-0.39, 0.29) is 12.4 Å². The van der Waals surface area contributed by atoms with E-state index >= 15 is 0 Å². The Morgan fingerprint density at radius 1 is 1.35 bits per heavy atom. The van der Waals surface area contributed by atoms with E-state index in [0.717, 1.165) is 5.56 Å². The van der Waals surface area contributed by atoms with Gasteiger partial charge in [0, 0.05) is 29.6 Å². The third-order valence-corrected chi connectivity index (χ3v) is 3.16. The van der Waals surface area contributed by atoms with Crippen LogP contribution in [0.5, 0.6) is 0 Å². The Bertz CT molecular complexity index is 525. The summed E-state index contributed by atoms with van der Waals surface area (Å²) in [6.07, 6.45) is 0. The summed E-state index contributed by atoms with van der Waals surface area (Å²) in [5, 5.41) is 7.55. The van der Waals surface area contributed by atoms with Crippen LogP contribution in [0.3, 0.4) is 0 Å². The zero-order chi connectivity index (χ0) is 12.3. The van der Waals surface area contributed by atoms with Crippen LogP contribution >= 0.6 is 22.6 Å². The molecule has 0 N–H and O–H groups in total. The molecule has 0 spiro atoms. The lowest BCUT2D eigenvalue weighted by Gasteiger charge is -2.04. The molecule has 0 amide bonds. The predicted molar refractivity (Wildman–Crippen MR) is 69.3 cm³/mol. The molecular weight excluding hydrogens is 333 g/mol. The smallest absolute Gasteiger partial charge is 0.376 e. The van der Waals surface area contributed by atoms with E-state index in [1.807, 2.05) is 52.9 Å². The Hall–Kier alpha value is -1.44. The van der Waals surface area contributed by atoms with Gasteiger partial charge in [-0.2, -0.15) is 0 Å². The Labute approximate surface area is 112 Å². The fraction of sp³-hybridized carbons (Fsp3) is 0.182. The minimum atomic E-state index is -0.466. The summed E-state index contributed by atoms with van der Waals surface area (Å²) >= 11 is 2.00. The first-order valence-corrected chi connectivity index (χ1v) is 6.02. The topological polar surface area (TPSA) is 57.0 Å². The normalized spacial score (nSPS) is 10.2. The van der Waals surface area contributed by atoms with E-state index in [2.05, 4.69) is 10.2 Å². The Morgan fingerprint density at radius 3 is 2.65 bits per heavy atom. The molecule has 0 atom stereocenters. The summed E-state index contributed by atoms with van der Waals surface area (Å²) in [6, 6.07) is 9.50. The molecule has 0 radical (unpaired) electrons. The van der Waals surface area contributed by atoms with E-state index in [1.54, 1.807) is 11.6 Å². The molecule has 1 heterocycles. The van der Waals surface area contributed by atoms with Gasteiger partial charge in [-0.25, -0.2) is 4.79 Å². The molecular formula is C11H10IN3O2. The number of nitrogens with zero attached hydrogens (tertiary/aromatic N) is 3. The maximum atomic E-state index is 11.7. The van der Waals surface area contributed by atoms with Crippen LogP contribution in [0.2, 0.25) is 0 Å². The molecule has 5 nitrogen and oxygen atoms in total. The molecule has 0 saturated heterocycles. The quantitative estimate of drug-likeness (QED) is 0.630. The van der Waals surface area contributed by atoms with Crippen molar-refractivity contribution in [3.8, 4) is 0 Å². The lowest BCUT2D eigenvalue weighted by Crippen LogP contribution is -2.12. The van der Waals surface area contributed by atoms with Crippen LogP contribution in [0.4, 0.5) is 0 Å². The van der Waals surface area contributed by atoms with Crippen molar-refractivity contribution < 1.29 is 9.53 Å². The van der Waals surface area contributed by atoms with E-state index in [0.29, 0.717) is 3.83 Å². The number of carbonyl (C=O) groups excluding carboxylic acids is 1. The van der Waals surface area contributed by atoms with Crippen molar-refractivity contribution in [1.29, 1.82) is 0 Å². The van der Waals surface area contributed by atoms with Crippen LogP contribution in [0.25, 0.3) is 0 Å². The van der Waals surface area contributed by atoms with Gasteiger partial charge in [-0.3, -0.25) is 4.57 Å².